The lowest BCUT2D eigenvalue weighted by atomic mass is 10.1. The summed E-state index contributed by atoms with van der Waals surface area (Å²) in [6, 6.07) is 12.5. The minimum atomic E-state index is -0.0877. The van der Waals surface area contributed by atoms with Gasteiger partial charge in [-0.2, -0.15) is 11.3 Å². The third kappa shape index (κ3) is 5.56. The van der Waals surface area contributed by atoms with Gasteiger partial charge in [-0.3, -0.25) is 4.90 Å². The average Bonchev–Trinajstić information content (AvgIpc) is 3.19. The van der Waals surface area contributed by atoms with E-state index in [1.165, 1.54) is 11.1 Å². The standard InChI is InChI=1S/C20H28N4OS/c1-23-10-12-24(13-11-23)19(18-8-14-26-16-18)15-22-20(25)21-9-7-17-5-3-2-4-6-17/h2-6,8,14,16,19H,7,9-13,15H2,1H3,(H2,21,22,25). The Balaban J connectivity index is 1.47. The maximum absolute atomic E-state index is 12.2. The van der Waals surface area contributed by atoms with E-state index in [0.29, 0.717) is 13.1 Å². The maximum atomic E-state index is 12.2. The number of carbonyl (C=O) groups excluding carboxylic acids is 1. The van der Waals surface area contributed by atoms with Crippen LogP contribution in [0.4, 0.5) is 4.79 Å². The number of rotatable bonds is 7. The molecule has 0 radical (unpaired) electrons. The fourth-order valence-corrected chi connectivity index (χ4v) is 3.98. The van der Waals surface area contributed by atoms with E-state index in [4.69, 9.17) is 0 Å². The summed E-state index contributed by atoms with van der Waals surface area (Å²) in [6.07, 6.45) is 0.848. The molecule has 140 valence electrons. The van der Waals surface area contributed by atoms with Crippen LogP contribution in [0.25, 0.3) is 0 Å². The van der Waals surface area contributed by atoms with Crippen molar-refractivity contribution in [1.29, 1.82) is 0 Å². The van der Waals surface area contributed by atoms with Gasteiger partial charge >= 0.3 is 6.03 Å². The second kappa shape index (κ2) is 9.71. The number of hydrogen-bond acceptors (Lipinski definition) is 4. The summed E-state index contributed by atoms with van der Waals surface area (Å²) in [7, 11) is 2.16. The van der Waals surface area contributed by atoms with Crippen LogP contribution in [0.1, 0.15) is 17.2 Å². The summed E-state index contributed by atoms with van der Waals surface area (Å²) in [5, 5.41) is 10.3. The summed E-state index contributed by atoms with van der Waals surface area (Å²) in [4.78, 5) is 17.0. The normalized spacial score (nSPS) is 17.0. The summed E-state index contributed by atoms with van der Waals surface area (Å²) < 4.78 is 0. The second-order valence-corrected chi connectivity index (χ2v) is 7.56. The molecular weight excluding hydrogens is 344 g/mol. The lowest BCUT2D eigenvalue weighted by molar-refractivity contribution is 0.111. The second-order valence-electron chi connectivity index (χ2n) is 6.78. The van der Waals surface area contributed by atoms with Crippen LogP contribution in [0.15, 0.2) is 47.2 Å². The zero-order valence-corrected chi connectivity index (χ0v) is 16.2. The smallest absolute Gasteiger partial charge is 0.314 e. The van der Waals surface area contributed by atoms with Crippen molar-refractivity contribution in [2.45, 2.75) is 12.5 Å². The molecule has 26 heavy (non-hydrogen) atoms. The van der Waals surface area contributed by atoms with Crippen LogP contribution >= 0.6 is 11.3 Å². The van der Waals surface area contributed by atoms with Crippen molar-refractivity contribution in [2.75, 3.05) is 46.3 Å². The average molecular weight is 373 g/mol. The molecule has 0 saturated carbocycles. The lowest BCUT2D eigenvalue weighted by Crippen LogP contribution is -2.49. The Morgan fingerprint density at radius 1 is 1.12 bits per heavy atom. The molecule has 0 aliphatic carbocycles. The van der Waals surface area contributed by atoms with Crippen molar-refractivity contribution in [1.82, 2.24) is 20.4 Å². The first kappa shape index (κ1) is 18.9. The number of likely N-dealkylation sites (N-methyl/N-ethyl adjacent to an activating group) is 1. The van der Waals surface area contributed by atoms with Crippen LogP contribution in [0, 0.1) is 0 Å². The molecule has 6 heteroatoms. The fourth-order valence-electron chi connectivity index (χ4n) is 3.27. The van der Waals surface area contributed by atoms with Crippen LogP contribution in [-0.2, 0) is 6.42 Å². The predicted molar refractivity (Wildman–Crippen MR) is 108 cm³/mol. The Labute approximate surface area is 160 Å². The molecule has 1 aromatic carbocycles. The zero-order valence-electron chi connectivity index (χ0n) is 15.4. The van der Waals surface area contributed by atoms with E-state index in [2.05, 4.69) is 56.4 Å². The summed E-state index contributed by atoms with van der Waals surface area (Å²) in [5.41, 5.74) is 2.53. The van der Waals surface area contributed by atoms with Gasteiger partial charge in [0.1, 0.15) is 0 Å². The van der Waals surface area contributed by atoms with Crippen LogP contribution in [0.5, 0.6) is 0 Å². The van der Waals surface area contributed by atoms with Crippen LogP contribution in [0.3, 0.4) is 0 Å². The highest BCUT2D eigenvalue weighted by atomic mass is 32.1. The Kier molecular flexibility index (Phi) is 7.05. The van der Waals surface area contributed by atoms with Crippen LogP contribution in [-0.4, -0.2) is 62.1 Å². The van der Waals surface area contributed by atoms with Crippen molar-refractivity contribution in [2.24, 2.45) is 0 Å². The van der Waals surface area contributed by atoms with Crippen molar-refractivity contribution < 1.29 is 4.79 Å². The minimum Gasteiger partial charge on any atom is -0.338 e. The molecule has 2 aromatic rings. The van der Waals surface area contributed by atoms with Gasteiger partial charge in [0.15, 0.2) is 0 Å². The molecule has 3 rings (SSSR count). The summed E-state index contributed by atoms with van der Waals surface area (Å²) in [5.74, 6) is 0. The molecule has 2 amide bonds. The highest BCUT2D eigenvalue weighted by molar-refractivity contribution is 7.07. The van der Waals surface area contributed by atoms with Crippen molar-refractivity contribution in [3.05, 3.63) is 58.3 Å². The van der Waals surface area contributed by atoms with Gasteiger partial charge in [0, 0.05) is 39.3 Å². The zero-order chi connectivity index (χ0) is 18.2. The highest BCUT2D eigenvalue weighted by Crippen LogP contribution is 2.23. The Hall–Kier alpha value is -1.89. The number of thiophene rings is 1. The molecule has 1 aromatic heterocycles. The SMILES string of the molecule is CN1CCN(C(CNC(=O)NCCc2ccccc2)c2ccsc2)CC1. The molecule has 0 spiro atoms. The van der Waals surface area contributed by atoms with Crippen molar-refractivity contribution in [3.8, 4) is 0 Å². The molecule has 1 saturated heterocycles. The number of nitrogens with zero attached hydrogens (tertiary/aromatic N) is 2. The Bertz CT molecular complexity index is 654. The lowest BCUT2D eigenvalue weighted by Gasteiger charge is -2.38. The number of carbonyl (C=O) groups is 1. The van der Waals surface area contributed by atoms with Gasteiger partial charge in [0.25, 0.3) is 0 Å². The molecule has 1 fully saturated rings. The number of benzene rings is 1. The highest BCUT2D eigenvalue weighted by Gasteiger charge is 2.24. The maximum Gasteiger partial charge on any atom is 0.314 e. The van der Waals surface area contributed by atoms with Gasteiger partial charge < -0.3 is 15.5 Å². The topological polar surface area (TPSA) is 47.6 Å². The largest absolute Gasteiger partial charge is 0.338 e. The van der Waals surface area contributed by atoms with E-state index in [1.54, 1.807) is 11.3 Å². The number of piperazine rings is 1. The molecule has 1 atom stereocenters. The van der Waals surface area contributed by atoms with E-state index in [1.807, 2.05) is 18.2 Å². The molecule has 5 nitrogen and oxygen atoms in total. The summed E-state index contributed by atoms with van der Waals surface area (Å²) >= 11 is 1.71. The van der Waals surface area contributed by atoms with Gasteiger partial charge in [-0.1, -0.05) is 30.3 Å². The third-order valence-corrected chi connectivity index (χ3v) is 5.61. The Morgan fingerprint density at radius 2 is 1.88 bits per heavy atom. The first-order valence-corrected chi connectivity index (χ1v) is 10.2. The molecule has 2 heterocycles. The Morgan fingerprint density at radius 3 is 2.58 bits per heavy atom. The minimum absolute atomic E-state index is 0.0877. The van der Waals surface area contributed by atoms with E-state index in [9.17, 15) is 4.79 Å². The molecular formula is C20H28N4OS. The fraction of sp³-hybridized carbons (Fsp3) is 0.450. The third-order valence-electron chi connectivity index (χ3n) is 4.90. The number of urea groups is 1. The van der Waals surface area contributed by atoms with Crippen molar-refractivity contribution in [3.63, 3.8) is 0 Å². The quantitative estimate of drug-likeness (QED) is 0.785. The van der Waals surface area contributed by atoms with Gasteiger partial charge in [0.05, 0.1) is 6.04 Å². The van der Waals surface area contributed by atoms with E-state index < -0.39 is 0 Å². The van der Waals surface area contributed by atoms with Gasteiger partial charge in [-0.25, -0.2) is 4.79 Å². The molecule has 2 N–H and O–H groups in total. The molecule has 0 bridgehead atoms. The molecule has 1 unspecified atom stereocenters. The van der Waals surface area contributed by atoms with Crippen LogP contribution < -0.4 is 10.6 Å². The first-order chi connectivity index (χ1) is 12.7. The van der Waals surface area contributed by atoms with E-state index in [0.717, 1.165) is 32.6 Å². The van der Waals surface area contributed by atoms with Gasteiger partial charge in [-0.15, -0.1) is 0 Å². The number of amides is 2. The number of hydrogen-bond donors (Lipinski definition) is 2. The molecule has 1 aliphatic rings. The van der Waals surface area contributed by atoms with Gasteiger partial charge in [-0.05, 0) is 41.4 Å². The van der Waals surface area contributed by atoms with Crippen LogP contribution in [0.2, 0.25) is 0 Å². The van der Waals surface area contributed by atoms with Crippen molar-refractivity contribution >= 4 is 17.4 Å². The first-order valence-electron chi connectivity index (χ1n) is 9.22. The predicted octanol–water partition coefficient (Wildman–Crippen LogP) is 2.58. The van der Waals surface area contributed by atoms with E-state index in [-0.39, 0.29) is 12.1 Å². The summed E-state index contributed by atoms with van der Waals surface area (Å²) in [6.45, 7) is 5.50. The molecule has 1 aliphatic heterocycles. The van der Waals surface area contributed by atoms with E-state index >= 15 is 0 Å². The monoisotopic (exact) mass is 372 g/mol. The van der Waals surface area contributed by atoms with Gasteiger partial charge in [0.2, 0.25) is 0 Å². The number of nitrogens with one attached hydrogen (secondary N) is 2.